The van der Waals surface area contributed by atoms with E-state index in [0.717, 1.165) is 23.1 Å². The number of benzene rings is 1. The van der Waals surface area contributed by atoms with Crippen molar-refractivity contribution in [3.8, 4) is 17.5 Å². The van der Waals surface area contributed by atoms with Crippen molar-refractivity contribution < 1.29 is 4.74 Å². The molecule has 0 aliphatic heterocycles. The first-order valence-electron chi connectivity index (χ1n) is 7.48. The Labute approximate surface area is 149 Å². The molecule has 0 atom stereocenters. The van der Waals surface area contributed by atoms with Crippen molar-refractivity contribution in [1.29, 1.82) is 0 Å². The Morgan fingerprint density at radius 3 is 2.75 bits per heavy atom. The molecule has 0 fully saturated rings. The molecule has 0 amide bonds. The Hall–Kier alpha value is -2.07. The lowest BCUT2D eigenvalue weighted by atomic mass is 10.3. The van der Waals surface area contributed by atoms with Crippen LogP contribution in [-0.2, 0) is 11.2 Å². The summed E-state index contributed by atoms with van der Waals surface area (Å²) in [4.78, 5) is 1.27. The highest BCUT2D eigenvalue weighted by Gasteiger charge is 2.14. The average molecular weight is 355 g/mol. The van der Waals surface area contributed by atoms with Crippen molar-refractivity contribution in [1.82, 2.24) is 14.8 Å². The van der Waals surface area contributed by atoms with E-state index in [2.05, 4.69) is 56.3 Å². The average Bonchev–Trinajstić information content (AvgIpc) is 3.26. The van der Waals surface area contributed by atoms with Gasteiger partial charge in [-0.25, -0.2) is 0 Å². The second-order valence-electron chi connectivity index (χ2n) is 4.90. The van der Waals surface area contributed by atoms with Crippen molar-refractivity contribution in [3.63, 3.8) is 0 Å². The van der Waals surface area contributed by atoms with Gasteiger partial charge >= 0.3 is 0 Å². The molecule has 3 aromatic rings. The van der Waals surface area contributed by atoms with Crippen LogP contribution >= 0.6 is 23.1 Å². The van der Waals surface area contributed by atoms with Gasteiger partial charge < -0.3 is 4.74 Å². The quantitative estimate of drug-likeness (QED) is 0.500. The number of nitrogens with zero attached hydrogens (tertiary/aromatic N) is 3. The van der Waals surface area contributed by atoms with E-state index in [1.54, 1.807) is 30.2 Å². The summed E-state index contributed by atoms with van der Waals surface area (Å²) >= 11 is 3.32. The lowest BCUT2D eigenvalue weighted by Gasteiger charge is -2.09. The second kappa shape index (κ2) is 8.69. The normalized spacial score (nSPS) is 10.4. The molecule has 24 heavy (non-hydrogen) atoms. The molecule has 0 aliphatic carbocycles. The summed E-state index contributed by atoms with van der Waals surface area (Å²) in [5.74, 6) is 7.64. The monoisotopic (exact) mass is 355 g/mol. The van der Waals surface area contributed by atoms with Gasteiger partial charge in [-0.1, -0.05) is 47.9 Å². The third-order valence-corrected chi connectivity index (χ3v) is 4.93. The van der Waals surface area contributed by atoms with Crippen LogP contribution in [0.4, 0.5) is 0 Å². The van der Waals surface area contributed by atoms with Gasteiger partial charge in [0, 0.05) is 24.1 Å². The zero-order valence-electron chi connectivity index (χ0n) is 13.3. The molecule has 2 aromatic heterocycles. The summed E-state index contributed by atoms with van der Waals surface area (Å²) in [5.41, 5.74) is 1.07. The maximum atomic E-state index is 4.94. The molecule has 4 nitrogen and oxygen atoms in total. The van der Waals surface area contributed by atoms with Gasteiger partial charge in [0.25, 0.3) is 0 Å². The lowest BCUT2D eigenvalue weighted by Crippen LogP contribution is -2.03. The number of methoxy groups -OCH3 is 1. The van der Waals surface area contributed by atoms with Crippen molar-refractivity contribution in [3.05, 3.63) is 58.5 Å². The topological polar surface area (TPSA) is 39.9 Å². The highest BCUT2D eigenvalue weighted by atomic mass is 32.2. The summed E-state index contributed by atoms with van der Waals surface area (Å²) < 4.78 is 7.05. The van der Waals surface area contributed by atoms with Crippen LogP contribution in [0.5, 0.6) is 0 Å². The van der Waals surface area contributed by atoms with Gasteiger partial charge in [0.2, 0.25) is 0 Å². The number of hydrogen-bond acceptors (Lipinski definition) is 5. The molecule has 1 aromatic carbocycles. The fraction of sp³-hybridized carbons (Fsp3) is 0.222. The maximum absolute atomic E-state index is 4.94. The number of rotatable bonds is 6. The zero-order valence-corrected chi connectivity index (χ0v) is 14.9. The van der Waals surface area contributed by atoms with Crippen LogP contribution in [0.2, 0.25) is 0 Å². The Morgan fingerprint density at radius 1 is 1.12 bits per heavy atom. The van der Waals surface area contributed by atoms with E-state index in [4.69, 9.17) is 4.74 Å². The standard InChI is InChI=1S/C18H17N3OS2/c1-22-11-5-6-12-24-18-20-19-17(14-16-10-7-13-23-16)21(18)15-8-3-2-4-9-15/h2-4,7-10,13H,11-12,14H2,1H3. The van der Waals surface area contributed by atoms with Gasteiger partial charge in [0.15, 0.2) is 5.16 Å². The predicted octanol–water partition coefficient (Wildman–Crippen LogP) is 3.66. The summed E-state index contributed by atoms with van der Waals surface area (Å²) in [7, 11) is 1.64. The molecule has 6 heteroatoms. The predicted molar refractivity (Wildman–Crippen MR) is 98.9 cm³/mol. The van der Waals surface area contributed by atoms with Crippen LogP contribution in [0, 0.1) is 11.8 Å². The van der Waals surface area contributed by atoms with Gasteiger partial charge in [-0.05, 0) is 23.6 Å². The Balaban J connectivity index is 1.86. The molecular formula is C18H17N3OS2. The smallest absolute Gasteiger partial charge is 0.196 e. The third-order valence-electron chi connectivity index (χ3n) is 3.24. The number of ether oxygens (including phenoxy) is 1. The molecule has 0 N–H and O–H groups in total. The van der Waals surface area contributed by atoms with E-state index >= 15 is 0 Å². The van der Waals surface area contributed by atoms with Gasteiger partial charge in [-0.3, -0.25) is 4.57 Å². The minimum absolute atomic E-state index is 0.454. The summed E-state index contributed by atoms with van der Waals surface area (Å²) in [6.45, 7) is 0.454. The summed E-state index contributed by atoms with van der Waals surface area (Å²) in [5, 5.41) is 11.7. The number of aromatic nitrogens is 3. The van der Waals surface area contributed by atoms with Crippen LogP contribution in [0.25, 0.3) is 5.69 Å². The van der Waals surface area contributed by atoms with Gasteiger partial charge in [-0.2, -0.15) is 0 Å². The van der Waals surface area contributed by atoms with Crippen molar-refractivity contribution in [2.45, 2.75) is 11.6 Å². The van der Waals surface area contributed by atoms with Crippen LogP contribution < -0.4 is 0 Å². The first-order valence-corrected chi connectivity index (χ1v) is 9.34. The number of thiophene rings is 1. The molecule has 0 bridgehead atoms. The molecule has 2 heterocycles. The minimum Gasteiger partial charge on any atom is -0.372 e. The van der Waals surface area contributed by atoms with Crippen molar-refractivity contribution in [2.75, 3.05) is 19.5 Å². The molecule has 0 aliphatic rings. The first-order chi connectivity index (χ1) is 11.9. The Morgan fingerprint density at radius 2 is 2.00 bits per heavy atom. The first kappa shape index (κ1) is 16.8. The van der Waals surface area contributed by atoms with Crippen LogP contribution in [-0.4, -0.2) is 34.2 Å². The van der Waals surface area contributed by atoms with Crippen molar-refractivity contribution in [2.24, 2.45) is 0 Å². The molecule has 3 rings (SSSR count). The van der Waals surface area contributed by atoms with E-state index in [9.17, 15) is 0 Å². The van der Waals surface area contributed by atoms with E-state index in [1.165, 1.54) is 4.88 Å². The van der Waals surface area contributed by atoms with Gasteiger partial charge in [-0.15, -0.1) is 21.5 Å². The number of para-hydroxylation sites is 1. The van der Waals surface area contributed by atoms with E-state index in [-0.39, 0.29) is 0 Å². The van der Waals surface area contributed by atoms with E-state index < -0.39 is 0 Å². The van der Waals surface area contributed by atoms with Crippen LogP contribution in [0.3, 0.4) is 0 Å². The highest BCUT2D eigenvalue weighted by Crippen LogP contribution is 2.24. The highest BCUT2D eigenvalue weighted by molar-refractivity contribution is 7.99. The van der Waals surface area contributed by atoms with Crippen LogP contribution in [0.1, 0.15) is 10.7 Å². The second-order valence-corrected chi connectivity index (χ2v) is 6.88. The molecule has 0 saturated carbocycles. The zero-order chi connectivity index (χ0) is 16.6. The van der Waals surface area contributed by atoms with Gasteiger partial charge in [0.05, 0.1) is 5.75 Å². The Kier molecular flexibility index (Phi) is 6.07. The third kappa shape index (κ3) is 4.26. The summed E-state index contributed by atoms with van der Waals surface area (Å²) in [6.07, 6.45) is 0.773. The number of thioether (sulfide) groups is 1. The Bertz CT molecular complexity index is 817. The summed E-state index contributed by atoms with van der Waals surface area (Å²) in [6, 6.07) is 14.4. The van der Waals surface area contributed by atoms with Crippen molar-refractivity contribution >= 4 is 23.1 Å². The molecule has 0 unspecified atom stereocenters. The number of hydrogen-bond donors (Lipinski definition) is 0. The van der Waals surface area contributed by atoms with Gasteiger partial charge in [0.1, 0.15) is 12.4 Å². The molecule has 0 spiro atoms. The molecule has 0 radical (unpaired) electrons. The fourth-order valence-electron chi connectivity index (χ4n) is 2.19. The SMILES string of the molecule is COCC#CCSc1nnc(Cc2cccs2)n1-c1ccccc1. The molecule has 0 saturated heterocycles. The maximum Gasteiger partial charge on any atom is 0.196 e. The molecule has 122 valence electrons. The largest absolute Gasteiger partial charge is 0.372 e. The van der Waals surface area contributed by atoms with Crippen LogP contribution in [0.15, 0.2) is 53.0 Å². The van der Waals surface area contributed by atoms with E-state index in [1.807, 2.05) is 18.2 Å². The molecular weight excluding hydrogens is 338 g/mol. The fourth-order valence-corrected chi connectivity index (χ4v) is 3.63. The van der Waals surface area contributed by atoms with E-state index in [0.29, 0.717) is 12.4 Å². The minimum atomic E-state index is 0.454. The lowest BCUT2D eigenvalue weighted by molar-refractivity contribution is 0.240.